The second-order valence-corrected chi connectivity index (χ2v) is 4.98. The maximum absolute atomic E-state index is 10.9. The number of hydrogen-bond donors (Lipinski definition) is 2. The number of H-pyrrole nitrogens is 1. The molecule has 1 heterocycles. The topological polar surface area (TPSA) is 66.0 Å². The number of aliphatic carboxylic acids is 1. The number of hydrogen-bond acceptors (Lipinski definition) is 2. The molecule has 1 aromatic carbocycles. The zero-order valence-electron chi connectivity index (χ0n) is 10.2. The zero-order chi connectivity index (χ0) is 12.6. The average Bonchev–Trinajstić information content (AvgIpc) is 2.54. The molecule has 0 bridgehead atoms. The van der Waals surface area contributed by atoms with Gasteiger partial charge in [0.15, 0.2) is 0 Å². The molecule has 0 spiro atoms. The molecule has 2 aromatic rings. The number of rotatable bonds is 3. The fourth-order valence-electron chi connectivity index (χ4n) is 2.17. The number of fused-ring (bicyclic) bond motifs is 1. The standard InChI is InChI=1S/C13H16N2O2/c1-8-14-10-6-4-5-9(12(10)15-8)13(2,3)7-11(16)17/h4-6H,7H2,1-3H3,(H,14,15)(H,16,17). The number of aromatic nitrogens is 2. The van der Waals surface area contributed by atoms with Crippen LogP contribution in [0.25, 0.3) is 11.0 Å². The van der Waals surface area contributed by atoms with Crippen LogP contribution in [0.5, 0.6) is 0 Å². The smallest absolute Gasteiger partial charge is 0.304 e. The van der Waals surface area contributed by atoms with Gasteiger partial charge in [-0.3, -0.25) is 4.79 Å². The zero-order valence-corrected chi connectivity index (χ0v) is 10.2. The van der Waals surface area contributed by atoms with Crippen molar-refractivity contribution in [1.29, 1.82) is 0 Å². The van der Waals surface area contributed by atoms with E-state index in [4.69, 9.17) is 5.11 Å². The Morgan fingerprint density at radius 1 is 1.47 bits per heavy atom. The number of nitrogens with zero attached hydrogens (tertiary/aromatic N) is 1. The minimum absolute atomic E-state index is 0.0953. The largest absolute Gasteiger partial charge is 0.481 e. The highest BCUT2D eigenvalue weighted by atomic mass is 16.4. The van der Waals surface area contributed by atoms with E-state index in [1.165, 1.54) is 0 Å². The van der Waals surface area contributed by atoms with Crippen molar-refractivity contribution in [3.63, 3.8) is 0 Å². The van der Waals surface area contributed by atoms with Crippen molar-refractivity contribution >= 4 is 17.0 Å². The van der Waals surface area contributed by atoms with Crippen LogP contribution in [0.15, 0.2) is 18.2 Å². The van der Waals surface area contributed by atoms with Crippen LogP contribution in [-0.2, 0) is 10.2 Å². The molecule has 0 aliphatic carbocycles. The molecule has 4 heteroatoms. The molecule has 2 rings (SSSR count). The number of imidazole rings is 1. The molecule has 17 heavy (non-hydrogen) atoms. The maximum Gasteiger partial charge on any atom is 0.304 e. The van der Waals surface area contributed by atoms with Crippen molar-refractivity contribution in [3.8, 4) is 0 Å². The highest BCUT2D eigenvalue weighted by Crippen LogP contribution is 2.31. The molecular weight excluding hydrogens is 216 g/mol. The summed E-state index contributed by atoms with van der Waals surface area (Å²) in [4.78, 5) is 18.5. The third-order valence-corrected chi connectivity index (χ3v) is 2.95. The van der Waals surface area contributed by atoms with Gasteiger partial charge in [-0.25, -0.2) is 4.98 Å². The lowest BCUT2D eigenvalue weighted by Gasteiger charge is -2.23. The molecule has 0 amide bonds. The van der Waals surface area contributed by atoms with Crippen LogP contribution in [0.4, 0.5) is 0 Å². The fraction of sp³-hybridized carbons (Fsp3) is 0.385. The third-order valence-electron chi connectivity index (χ3n) is 2.95. The van der Waals surface area contributed by atoms with Gasteiger partial charge in [0.05, 0.1) is 17.5 Å². The first kappa shape index (κ1) is 11.6. The molecule has 1 aromatic heterocycles. The molecule has 0 unspecified atom stereocenters. The number of aryl methyl sites for hydroxylation is 1. The Morgan fingerprint density at radius 2 is 2.18 bits per heavy atom. The summed E-state index contributed by atoms with van der Waals surface area (Å²) < 4.78 is 0. The van der Waals surface area contributed by atoms with Crippen molar-refractivity contribution < 1.29 is 9.90 Å². The van der Waals surface area contributed by atoms with Gasteiger partial charge in [-0.1, -0.05) is 26.0 Å². The van der Waals surface area contributed by atoms with Crippen molar-refractivity contribution in [1.82, 2.24) is 9.97 Å². The van der Waals surface area contributed by atoms with Crippen molar-refractivity contribution in [2.75, 3.05) is 0 Å². The maximum atomic E-state index is 10.9. The van der Waals surface area contributed by atoms with Crippen LogP contribution >= 0.6 is 0 Å². The van der Waals surface area contributed by atoms with E-state index in [1.807, 2.05) is 39.0 Å². The van der Waals surface area contributed by atoms with Crippen LogP contribution < -0.4 is 0 Å². The van der Waals surface area contributed by atoms with E-state index in [1.54, 1.807) is 0 Å². The first-order valence-corrected chi connectivity index (χ1v) is 5.58. The monoisotopic (exact) mass is 232 g/mol. The van der Waals surface area contributed by atoms with E-state index in [0.717, 1.165) is 22.4 Å². The number of benzene rings is 1. The van der Waals surface area contributed by atoms with Crippen LogP contribution in [0, 0.1) is 6.92 Å². The summed E-state index contributed by atoms with van der Waals surface area (Å²) in [5.41, 5.74) is 2.38. The van der Waals surface area contributed by atoms with Crippen LogP contribution in [0.2, 0.25) is 0 Å². The van der Waals surface area contributed by atoms with E-state index in [9.17, 15) is 4.79 Å². The summed E-state index contributed by atoms with van der Waals surface area (Å²) in [5.74, 6) is 0.0536. The second-order valence-electron chi connectivity index (χ2n) is 4.98. The van der Waals surface area contributed by atoms with Gasteiger partial charge in [-0.15, -0.1) is 0 Å². The van der Waals surface area contributed by atoms with Gasteiger partial charge in [0.25, 0.3) is 0 Å². The molecule has 0 fully saturated rings. The summed E-state index contributed by atoms with van der Waals surface area (Å²) in [6, 6.07) is 5.83. The van der Waals surface area contributed by atoms with E-state index in [2.05, 4.69) is 9.97 Å². The molecule has 4 nitrogen and oxygen atoms in total. The predicted molar refractivity (Wildman–Crippen MR) is 66.1 cm³/mol. The van der Waals surface area contributed by atoms with Crippen molar-refractivity contribution in [2.24, 2.45) is 0 Å². The molecule has 0 saturated carbocycles. The Balaban J connectivity index is 2.57. The Morgan fingerprint density at radius 3 is 2.82 bits per heavy atom. The Kier molecular flexibility index (Phi) is 2.65. The summed E-state index contributed by atoms with van der Waals surface area (Å²) in [7, 11) is 0. The van der Waals surface area contributed by atoms with Crippen LogP contribution in [0.1, 0.15) is 31.7 Å². The van der Waals surface area contributed by atoms with E-state index in [-0.39, 0.29) is 6.42 Å². The fourth-order valence-corrected chi connectivity index (χ4v) is 2.17. The Bertz CT molecular complexity index is 570. The second kappa shape index (κ2) is 3.87. The van der Waals surface area contributed by atoms with Gasteiger partial charge in [0.1, 0.15) is 5.82 Å². The van der Waals surface area contributed by atoms with Gasteiger partial charge < -0.3 is 10.1 Å². The van der Waals surface area contributed by atoms with E-state index in [0.29, 0.717) is 0 Å². The molecule has 90 valence electrons. The minimum atomic E-state index is -0.792. The normalized spacial score (nSPS) is 11.9. The van der Waals surface area contributed by atoms with Crippen molar-refractivity contribution in [3.05, 3.63) is 29.6 Å². The first-order chi connectivity index (χ1) is 7.90. The quantitative estimate of drug-likeness (QED) is 0.854. The van der Waals surface area contributed by atoms with Gasteiger partial charge >= 0.3 is 5.97 Å². The molecule has 2 N–H and O–H groups in total. The van der Waals surface area contributed by atoms with Crippen LogP contribution in [0.3, 0.4) is 0 Å². The lowest BCUT2D eigenvalue weighted by molar-refractivity contribution is -0.138. The molecule has 0 aliphatic rings. The molecule has 0 aliphatic heterocycles. The summed E-state index contributed by atoms with van der Waals surface area (Å²) in [6.07, 6.45) is 0.0953. The van der Waals surface area contributed by atoms with E-state index < -0.39 is 11.4 Å². The number of carbonyl (C=O) groups is 1. The molecule has 0 atom stereocenters. The highest BCUT2D eigenvalue weighted by molar-refractivity contribution is 5.81. The highest BCUT2D eigenvalue weighted by Gasteiger charge is 2.26. The minimum Gasteiger partial charge on any atom is -0.481 e. The number of para-hydroxylation sites is 1. The summed E-state index contributed by atoms with van der Waals surface area (Å²) in [5, 5.41) is 8.96. The number of aromatic amines is 1. The number of carboxylic acids is 1. The number of carboxylic acid groups (broad SMARTS) is 1. The SMILES string of the molecule is Cc1nc2c(C(C)(C)CC(=O)O)cccc2[nH]1. The number of nitrogens with one attached hydrogen (secondary N) is 1. The lowest BCUT2D eigenvalue weighted by Crippen LogP contribution is -2.22. The lowest BCUT2D eigenvalue weighted by atomic mass is 9.81. The summed E-state index contributed by atoms with van der Waals surface area (Å²) >= 11 is 0. The average molecular weight is 232 g/mol. The van der Waals surface area contributed by atoms with Gasteiger partial charge in [0, 0.05) is 5.41 Å². The third kappa shape index (κ3) is 2.16. The molecule has 0 saturated heterocycles. The predicted octanol–water partition coefficient (Wildman–Crippen LogP) is 2.62. The summed E-state index contributed by atoms with van der Waals surface area (Å²) in [6.45, 7) is 5.76. The van der Waals surface area contributed by atoms with Gasteiger partial charge in [0.2, 0.25) is 0 Å². The first-order valence-electron chi connectivity index (χ1n) is 5.58. The Hall–Kier alpha value is -1.84. The van der Waals surface area contributed by atoms with Crippen LogP contribution in [-0.4, -0.2) is 21.0 Å². The van der Waals surface area contributed by atoms with Gasteiger partial charge in [-0.05, 0) is 18.6 Å². The molecule has 0 radical (unpaired) electrons. The Labute approximate surface area is 99.7 Å². The van der Waals surface area contributed by atoms with Crippen molar-refractivity contribution in [2.45, 2.75) is 32.6 Å². The molecular formula is C13H16N2O2. The van der Waals surface area contributed by atoms with Gasteiger partial charge in [-0.2, -0.15) is 0 Å². The van der Waals surface area contributed by atoms with E-state index >= 15 is 0 Å².